The van der Waals surface area contributed by atoms with Crippen LogP contribution in [0.1, 0.15) is 31.7 Å². The van der Waals surface area contributed by atoms with Crippen LogP contribution in [-0.4, -0.2) is 55.6 Å². The molecule has 26 heavy (non-hydrogen) atoms. The quantitative estimate of drug-likeness (QED) is 0.839. The van der Waals surface area contributed by atoms with Gasteiger partial charge in [-0.1, -0.05) is 26.0 Å². The van der Waals surface area contributed by atoms with Crippen molar-refractivity contribution in [3.05, 3.63) is 29.8 Å². The number of ether oxygens (including phenoxy) is 1. The summed E-state index contributed by atoms with van der Waals surface area (Å²) in [6, 6.07) is 7.92. The van der Waals surface area contributed by atoms with Crippen LogP contribution in [0.4, 0.5) is 10.5 Å². The second-order valence-corrected chi connectivity index (χ2v) is 7.04. The van der Waals surface area contributed by atoms with E-state index in [0.717, 1.165) is 5.69 Å². The fraction of sp³-hybridized carbons (Fsp3) is 0.526. The van der Waals surface area contributed by atoms with Gasteiger partial charge in [-0.3, -0.25) is 9.59 Å². The van der Waals surface area contributed by atoms with E-state index in [4.69, 9.17) is 4.74 Å². The summed E-state index contributed by atoms with van der Waals surface area (Å²) in [6.07, 6.45) is -0.130. The molecular weight excluding hydrogens is 334 g/mol. The molecule has 0 unspecified atom stereocenters. The Bertz CT molecular complexity index is 687. The van der Waals surface area contributed by atoms with E-state index < -0.39 is 0 Å². The van der Waals surface area contributed by atoms with Gasteiger partial charge < -0.3 is 19.9 Å². The minimum Gasteiger partial charge on any atom is -0.448 e. The second kappa shape index (κ2) is 7.76. The van der Waals surface area contributed by atoms with E-state index in [-0.39, 0.29) is 30.2 Å². The Morgan fingerprint density at radius 3 is 2.62 bits per heavy atom. The molecule has 2 aliphatic rings. The molecule has 1 atom stereocenters. The van der Waals surface area contributed by atoms with Crippen LogP contribution < -0.4 is 10.2 Å². The molecule has 1 aromatic rings. The smallest absolute Gasteiger partial charge is 0.409 e. The van der Waals surface area contributed by atoms with Crippen LogP contribution in [-0.2, 0) is 14.3 Å². The zero-order chi connectivity index (χ0) is 18.7. The Labute approximate surface area is 153 Å². The number of nitrogens with one attached hydrogen (secondary N) is 1. The minimum absolute atomic E-state index is 0.0365. The molecule has 2 fully saturated rings. The normalized spacial score (nSPS) is 20.0. The second-order valence-electron chi connectivity index (χ2n) is 7.04. The molecule has 3 amide bonds. The van der Waals surface area contributed by atoms with Crippen molar-refractivity contribution < 1.29 is 19.1 Å². The van der Waals surface area contributed by atoms with Gasteiger partial charge >= 0.3 is 6.09 Å². The molecular formula is C19H25N3O4. The van der Waals surface area contributed by atoms with E-state index in [2.05, 4.69) is 19.2 Å². The zero-order valence-corrected chi connectivity index (χ0v) is 15.2. The van der Waals surface area contributed by atoms with Gasteiger partial charge in [-0.25, -0.2) is 4.79 Å². The predicted molar refractivity (Wildman–Crippen MR) is 96.9 cm³/mol. The first-order chi connectivity index (χ1) is 12.5. The van der Waals surface area contributed by atoms with Crippen molar-refractivity contribution in [2.45, 2.75) is 26.2 Å². The lowest BCUT2D eigenvalue weighted by atomic mass is 10.0. The summed E-state index contributed by atoms with van der Waals surface area (Å²) in [5.41, 5.74) is 2.05. The Hall–Kier alpha value is -2.57. The van der Waals surface area contributed by atoms with Crippen molar-refractivity contribution in [3.8, 4) is 0 Å². The Balaban J connectivity index is 1.51. The van der Waals surface area contributed by atoms with E-state index in [1.807, 2.05) is 24.3 Å². The molecule has 0 spiro atoms. The fourth-order valence-corrected chi connectivity index (χ4v) is 3.26. The number of amides is 3. The molecule has 0 radical (unpaired) electrons. The molecule has 3 rings (SSSR count). The van der Waals surface area contributed by atoms with Gasteiger partial charge in [0.2, 0.25) is 11.8 Å². The lowest BCUT2D eigenvalue weighted by Crippen LogP contribution is -2.38. The average Bonchev–Trinajstić information content (AvgIpc) is 3.21. The van der Waals surface area contributed by atoms with Crippen LogP contribution in [0.3, 0.4) is 0 Å². The molecule has 2 aliphatic heterocycles. The molecule has 2 heterocycles. The van der Waals surface area contributed by atoms with Gasteiger partial charge in [0, 0.05) is 31.7 Å². The molecule has 1 N–H and O–H groups in total. The molecule has 7 nitrogen and oxygen atoms in total. The van der Waals surface area contributed by atoms with Crippen LogP contribution >= 0.6 is 0 Å². The molecule has 0 bridgehead atoms. The lowest BCUT2D eigenvalue weighted by molar-refractivity contribution is -0.126. The van der Waals surface area contributed by atoms with E-state index in [0.29, 0.717) is 38.7 Å². The van der Waals surface area contributed by atoms with Gasteiger partial charge in [0.25, 0.3) is 0 Å². The molecule has 1 aromatic carbocycles. The van der Waals surface area contributed by atoms with E-state index >= 15 is 0 Å². The van der Waals surface area contributed by atoms with Gasteiger partial charge in [-0.05, 0) is 23.6 Å². The van der Waals surface area contributed by atoms with Gasteiger partial charge in [0.1, 0.15) is 6.61 Å². The highest BCUT2D eigenvalue weighted by atomic mass is 16.6. The Kier molecular flexibility index (Phi) is 5.44. The summed E-state index contributed by atoms with van der Waals surface area (Å²) < 4.78 is 4.85. The van der Waals surface area contributed by atoms with Gasteiger partial charge in [-0.2, -0.15) is 0 Å². The zero-order valence-electron chi connectivity index (χ0n) is 15.2. The molecule has 140 valence electrons. The lowest BCUT2D eigenvalue weighted by Gasteiger charge is -2.18. The maximum Gasteiger partial charge on any atom is 0.409 e. The largest absolute Gasteiger partial charge is 0.448 e. The van der Waals surface area contributed by atoms with Crippen molar-refractivity contribution in [1.82, 2.24) is 10.2 Å². The number of carbonyl (C=O) groups excluding carboxylic acids is 3. The van der Waals surface area contributed by atoms with Crippen molar-refractivity contribution in [1.29, 1.82) is 0 Å². The van der Waals surface area contributed by atoms with Crippen molar-refractivity contribution in [2.24, 2.45) is 5.92 Å². The molecule has 2 saturated heterocycles. The third-order valence-corrected chi connectivity index (χ3v) is 4.89. The number of benzene rings is 1. The SMILES string of the molecule is CC(C)c1ccc(N2C[C@@H](C(=O)NCCN3CCOC3=O)CC2=O)cc1. The number of nitrogens with zero attached hydrogens (tertiary/aromatic N) is 2. The number of anilines is 1. The Morgan fingerprint density at radius 2 is 2.00 bits per heavy atom. The van der Waals surface area contributed by atoms with E-state index in [1.54, 1.807) is 9.80 Å². The van der Waals surface area contributed by atoms with Crippen LogP contribution in [0.25, 0.3) is 0 Å². The highest BCUT2D eigenvalue weighted by Crippen LogP contribution is 2.26. The van der Waals surface area contributed by atoms with Crippen LogP contribution in [0.5, 0.6) is 0 Å². The van der Waals surface area contributed by atoms with Crippen LogP contribution in [0.15, 0.2) is 24.3 Å². The number of hydrogen-bond donors (Lipinski definition) is 1. The van der Waals surface area contributed by atoms with Gasteiger partial charge in [0.05, 0.1) is 12.5 Å². The summed E-state index contributed by atoms with van der Waals surface area (Å²) in [7, 11) is 0. The number of hydrogen-bond acceptors (Lipinski definition) is 4. The summed E-state index contributed by atoms with van der Waals surface area (Å²) in [5, 5.41) is 2.82. The van der Waals surface area contributed by atoms with Gasteiger partial charge in [0.15, 0.2) is 0 Å². The predicted octanol–water partition coefficient (Wildman–Crippen LogP) is 1.73. The van der Waals surface area contributed by atoms with Crippen LogP contribution in [0, 0.1) is 5.92 Å². The summed E-state index contributed by atoms with van der Waals surface area (Å²) in [6.45, 7) is 6.37. The topological polar surface area (TPSA) is 79.0 Å². The fourth-order valence-electron chi connectivity index (χ4n) is 3.26. The van der Waals surface area contributed by atoms with Gasteiger partial charge in [-0.15, -0.1) is 0 Å². The third-order valence-electron chi connectivity index (χ3n) is 4.89. The van der Waals surface area contributed by atoms with Crippen molar-refractivity contribution in [2.75, 3.05) is 37.7 Å². The summed E-state index contributed by atoms with van der Waals surface area (Å²) in [4.78, 5) is 39.2. The molecule has 0 aromatic heterocycles. The maximum absolute atomic E-state index is 12.3. The third kappa shape index (κ3) is 3.98. The Morgan fingerprint density at radius 1 is 1.27 bits per heavy atom. The first kappa shape index (κ1) is 18.2. The van der Waals surface area contributed by atoms with Crippen molar-refractivity contribution >= 4 is 23.6 Å². The average molecular weight is 359 g/mol. The van der Waals surface area contributed by atoms with E-state index in [9.17, 15) is 14.4 Å². The summed E-state index contributed by atoms with van der Waals surface area (Å²) in [5.74, 6) is -0.111. The number of carbonyl (C=O) groups is 3. The molecule has 0 saturated carbocycles. The number of rotatable bonds is 6. The standard InChI is InChI=1S/C19H25N3O4/c1-13(2)14-3-5-16(6-4-14)22-12-15(11-17(22)23)18(24)20-7-8-21-9-10-26-19(21)25/h3-6,13,15H,7-12H2,1-2H3,(H,20,24)/t15-/m0/s1. The minimum atomic E-state index is -0.363. The first-order valence-corrected chi connectivity index (χ1v) is 9.05. The van der Waals surface area contributed by atoms with Crippen LogP contribution in [0.2, 0.25) is 0 Å². The van der Waals surface area contributed by atoms with Crippen molar-refractivity contribution in [3.63, 3.8) is 0 Å². The summed E-state index contributed by atoms with van der Waals surface area (Å²) >= 11 is 0. The number of cyclic esters (lactones) is 1. The highest BCUT2D eigenvalue weighted by Gasteiger charge is 2.35. The highest BCUT2D eigenvalue weighted by molar-refractivity contribution is 6.00. The molecule has 7 heteroatoms. The monoisotopic (exact) mass is 359 g/mol. The molecule has 0 aliphatic carbocycles. The van der Waals surface area contributed by atoms with E-state index in [1.165, 1.54) is 5.56 Å². The first-order valence-electron chi connectivity index (χ1n) is 9.05. The maximum atomic E-state index is 12.3.